The Bertz CT molecular complexity index is 209. The van der Waals surface area contributed by atoms with Gasteiger partial charge in [-0.3, -0.25) is 0 Å². The summed E-state index contributed by atoms with van der Waals surface area (Å²) in [5, 5.41) is 7.26. The molecule has 0 atom stereocenters. The normalized spacial score (nSPS) is 20.0. The Morgan fingerprint density at radius 1 is 1.06 bits per heavy atom. The molecular weight excluding hydrogens is 220 g/mol. The van der Waals surface area contributed by atoms with E-state index in [1.165, 1.54) is 45.4 Å². The van der Waals surface area contributed by atoms with Gasteiger partial charge in [-0.1, -0.05) is 34.6 Å². The number of nitrogens with one attached hydrogen (secondary N) is 2. The molecule has 1 fully saturated rings. The summed E-state index contributed by atoms with van der Waals surface area (Å²) in [6.45, 7) is 16.6. The van der Waals surface area contributed by atoms with Crippen LogP contribution >= 0.6 is 0 Å². The van der Waals surface area contributed by atoms with Crippen molar-refractivity contribution in [3.8, 4) is 0 Å². The summed E-state index contributed by atoms with van der Waals surface area (Å²) in [4.78, 5) is 0. The Balaban J connectivity index is 2.38. The Kier molecular flexibility index (Phi) is 6.65. The fourth-order valence-electron chi connectivity index (χ4n) is 3.36. The molecule has 0 radical (unpaired) electrons. The van der Waals surface area contributed by atoms with E-state index in [1.54, 1.807) is 0 Å². The van der Waals surface area contributed by atoms with Gasteiger partial charge in [0.15, 0.2) is 0 Å². The zero-order valence-electron chi connectivity index (χ0n) is 13.2. The van der Waals surface area contributed by atoms with Crippen molar-refractivity contribution in [3.05, 3.63) is 0 Å². The molecule has 108 valence electrons. The zero-order chi connectivity index (χ0) is 13.6. The molecule has 2 heteroatoms. The predicted octanol–water partition coefficient (Wildman–Crippen LogP) is 3.28. The number of piperidine rings is 1. The maximum Gasteiger partial charge on any atom is 0.000878 e. The third-order valence-electron chi connectivity index (χ3n) is 5.01. The lowest BCUT2D eigenvalue weighted by molar-refractivity contribution is 0.174. The van der Waals surface area contributed by atoms with Gasteiger partial charge in [-0.15, -0.1) is 0 Å². The quantitative estimate of drug-likeness (QED) is 0.728. The van der Waals surface area contributed by atoms with Crippen molar-refractivity contribution in [3.63, 3.8) is 0 Å². The zero-order valence-corrected chi connectivity index (χ0v) is 13.2. The average Bonchev–Trinajstić information content (AvgIpc) is 2.35. The first-order valence-electron chi connectivity index (χ1n) is 7.92. The summed E-state index contributed by atoms with van der Waals surface area (Å²) in [5.41, 5.74) is 0.559. The van der Waals surface area contributed by atoms with E-state index >= 15 is 0 Å². The van der Waals surface area contributed by atoms with E-state index < -0.39 is 0 Å². The first-order valence-corrected chi connectivity index (χ1v) is 7.92. The highest BCUT2D eigenvalue weighted by Gasteiger charge is 2.30. The highest BCUT2D eigenvalue weighted by molar-refractivity contribution is 4.86. The maximum atomic E-state index is 3.78. The van der Waals surface area contributed by atoms with Crippen molar-refractivity contribution in [1.82, 2.24) is 10.6 Å². The van der Waals surface area contributed by atoms with Gasteiger partial charge in [0.25, 0.3) is 0 Å². The van der Waals surface area contributed by atoms with Gasteiger partial charge in [-0.05, 0) is 62.1 Å². The van der Waals surface area contributed by atoms with Gasteiger partial charge in [0.1, 0.15) is 0 Å². The maximum absolute atomic E-state index is 3.78. The van der Waals surface area contributed by atoms with Gasteiger partial charge in [-0.2, -0.15) is 0 Å². The fourth-order valence-corrected chi connectivity index (χ4v) is 3.36. The standard InChI is InChI=1S/C16H34N2/c1-6-16(7-9-17-10-8-16)12-18-11-15(13(2)3)14(4)5/h13-15,17-18H,6-12H2,1-5H3. The van der Waals surface area contributed by atoms with Crippen LogP contribution in [0.5, 0.6) is 0 Å². The molecule has 2 nitrogen and oxygen atoms in total. The van der Waals surface area contributed by atoms with Gasteiger partial charge < -0.3 is 10.6 Å². The molecule has 1 aliphatic rings. The van der Waals surface area contributed by atoms with E-state index in [1.807, 2.05) is 0 Å². The van der Waals surface area contributed by atoms with Crippen LogP contribution < -0.4 is 10.6 Å². The van der Waals surface area contributed by atoms with Crippen LogP contribution in [0.2, 0.25) is 0 Å². The summed E-state index contributed by atoms with van der Waals surface area (Å²) in [7, 11) is 0. The van der Waals surface area contributed by atoms with Gasteiger partial charge in [0, 0.05) is 6.54 Å². The molecule has 18 heavy (non-hydrogen) atoms. The van der Waals surface area contributed by atoms with Gasteiger partial charge >= 0.3 is 0 Å². The van der Waals surface area contributed by atoms with Crippen LogP contribution in [0.3, 0.4) is 0 Å². The van der Waals surface area contributed by atoms with E-state index in [4.69, 9.17) is 0 Å². The summed E-state index contributed by atoms with van der Waals surface area (Å²) < 4.78 is 0. The second-order valence-electron chi connectivity index (χ2n) is 6.89. The SMILES string of the molecule is CCC1(CNCC(C(C)C)C(C)C)CCNCC1. The topological polar surface area (TPSA) is 24.1 Å². The molecule has 0 aliphatic carbocycles. The van der Waals surface area contributed by atoms with Crippen molar-refractivity contribution < 1.29 is 0 Å². The molecular formula is C16H34N2. The number of rotatable bonds is 7. The number of hydrogen-bond donors (Lipinski definition) is 2. The first-order chi connectivity index (χ1) is 8.51. The number of hydrogen-bond acceptors (Lipinski definition) is 2. The second kappa shape index (κ2) is 7.49. The third kappa shape index (κ3) is 4.55. The lowest BCUT2D eigenvalue weighted by atomic mass is 9.76. The largest absolute Gasteiger partial charge is 0.317 e. The fraction of sp³-hybridized carbons (Fsp3) is 1.00. The minimum absolute atomic E-state index is 0.559. The Hall–Kier alpha value is -0.0800. The molecule has 1 saturated heterocycles. The van der Waals surface area contributed by atoms with Crippen molar-refractivity contribution in [1.29, 1.82) is 0 Å². The van der Waals surface area contributed by atoms with Crippen LogP contribution in [-0.2, 0) is 0 Å². The lowest BCUT2D eigenvalue weighted by Gasteiger charge is -2.38. The molecule has 0 saturated carbocycles. The van der Waals surface area contributed by atoms with E-state index in [9.17, 15) is 0 Å². The minimum Gasteiger partial charge on any atom is -0.317 e. The smallest absolute Gasteiger partial charge is 0.000878 e. The average molecular weight is 254 g/mol. The van der Waals surface area contributed by atoms with Crippen LogP contribution in [-0.4, -0.2) is 26.2 Å². The first kappa shape index (κ1) is 16.0. The molecule has 0 spiro atoms. The molecule has 1 heterocycles. The van der Waals surface area contributed by atoms with Crippen LogP contribution in [0.1, 0.15) is 53.9 Å². The van der Waals surface area contributed by atoms with Crippen molar-refractivity contribution in [2.24, 2.45) is 23.2 Å². The van der Waals surface area contributed by atoms with Crippen molar-refractivity contribution in [2.45, 2.75) is 53.9 Å². The predicted molar refractivity (Wildman–Crippen MR) is 80.9 cm³/mol. The molecule has 0 unspecified atom stereocenters. The highest BCUT2D eigenvalue weighted by Crippen LogP contribution is 2.31. The van der Waals surface area contributed by atoms with Gasteiger partial charge in [0.05, 0.1) is 0 Å². The second-order valence-corrected chi connectivity index (χ2v) is 6.89. The van der Waals surface area contributed by atoms with Crippen LogP contribution in [0.25, 0.3) is 0 Å². The summed E-state index contributed by atoms with van der Waals surface area (Å²) in [6, 6.07) is 0. The molecule has 0 aromatic heterocycles. The molecule has 0 aromatic rings. The summed E-state index contributed by atoms with van der Waals surface area (Å²) in [6.07, 6.45) is 3.99. The molecule has 0 aromatic carbocycles. The third-order valence-corrected chi connectivity index (χ3v) is 5.01. The minimum atomic E-state index is 0.559. The van der Waals surface area contributed by atoms with Crippen LogP contribution in [0.15, 0.2) is 0 Å². The molecule has 0 bridgehead atoms. The highest BCUT2D eigenvalue weighted by atomic mass is 14.9. The van der Waals surface area contributed by atoms with E-state index in [-0.39, 0.29) is 0 Å². The van der Waals surface area contributed by atoms with E-state index in [0.717, 1.165) is 17.8 Å². The lowest BCUT2D eigenvalue weighted by Crippen LogP contribution is -2.44. The molecule has 1 aliphatic heterocycles. The van der Waals surface area contributed by atoms with E-state index in [0.29, 0.717) is 5.41 Å². The van der Waals surface area contributed by atoms with Gasteiger partial charge in [0.2, 0.25) is 0 Å². The summed E-state index contributed by atoms with van der Waals surface area (Å²) >= 11 is 0. The molecule has 0 amide bonds. The van der Waals surface area contributed by atoms with Crippen molar-refractivity contribution in [2.75, 3.05) is 26.2 Å². The Labute approximate surface area is 114 Å². The Morgan fingerprint density at radius 3 is 2.06 bits per heavy atom. The van der Waals surface area contributed by atoms with Crippen LogP contribution in [0, 0.1) is 23.2 Å². The molecule has 2 N–H and O–H groups in total. The summed E-state index contributed by atoms with van der Waals surface area (Å²) in [5.74, 6) is 2.37. The Morgan fingerprint density at radius 2 is 1.61 bits per heavy atom. The molecule has 1 rings (SSSR count). The monoisotopic (exact) mass is 254 g/mol. The van der Waals surface area contributed by atoms with E-state index in [2.05, 4.69) is 45.3 Å². The van der Waals surface area contributed by atoms with Crippen LogP contribution in [0.4, 0.5) is 0 Å². The van der Waals surface area contributed by atoms with Gasteiger partial charge in [-0.25, -0.2) is 0 Å². The van der Waals surface area contributed by atoms with Crippen molar-refractivity contribution >= 4 is 0 Å².